The van der Waals surface area contributed by atoms with Crippen LogP contribution in [0.15, 0.2) is 9.52 Å². The minimum Gasteiger partial charge on any atom is -0.357 e. The molecule has 0 saturated heterocycles. The molecule has 0 aliphatic rings. The molecule has 0 fully saturated rings. The highest BCUT2D eigenvalue weighted by Gasteiger charge is 2.09. The molecule has 0 aromatic carbocycles. The third-order valence-electron chi connectivity index (χ3n) is 2.65. The van der Waals surface area contributed by atoms with Gasteiger partial charge in [0.15, 0.2) is 11.8 Å². The lowest BCUT2D eigenvalue weighted by atomic mass is 10.1. The van der Waals surface area contributed by atoms with Crippen molar-refractivity contribution in [2.24, 2.45) is 10.9 Å². The number of aromatic nitrogens is 2. The molecule has 1 rings (SSSR count). The topological polar surface area (TPSA) is 75.3 Å². The summed E-state index contributed by atoms with van der Waals surface area (Å²) in [4.78, 5) is 8.53. The monoisotopic (exact) mass is 381 g/mol. The van der Waals surface area contributed by atoms with Crippen LogP contribution in [0, 0.1) is 12.8 Å². The van der Waals surface area contributed by atoms with Crippen molar-refractivity contribution in [3.8, 4) is 0 Å². The van der Waals surface area contributed by atoms with Crippen LogP contribution < -0.4 is 10.6 Å². The highest BCUT2D eigenvalue weighted by Crippen LogP contribution is 2.01. The van der Waals surface area contributed by atoms with E-state index in [2.05, 4.69) is 46.5 Å². The maximum atomic E-state index is 5.02. The van der Waals surface area contributed by atoms with Gasteiger partial charge in [0.1, 0.15) is 6.54 Å². The molecule has 0 spiro atoms. The Morgan fingerprint density at radius 2 is 2.05 bits per heavy atom. The first-order valence-electron chi connectivity index (χ1n) is 6.37. The quantitative estimate of drug-likeness (QED) is 0.464. The molecular weight excluding hydrogens is 357 g/mol. The van der Waals surface area contributed by atoms with Crippen molar-refractivity contribution < 1.29 is 4.52 Å². The first-order valence-corrected chi connectivity index (χ1v) is 6.37. The molecule has 0 radical (unpaired) electrons. The van der Waals surface area contributed by atoms with Gasteiger partial charge in [0.05, 0.1) is 0 Å². The molecule has 7 heteroatoms. The van der Waals surface area contributed by atoms with Gasteiger partial charge in [-0.25, -0.2) is 4.99 Å². The standard InChI is InChI=1S/C12H23N5O.HI/c1-6-13-12(15-9(4)8(2)3)14-7-11-16-10(5)17-18-11;/h8-9H,6-7H2,1-5H3,(H2,13,14,15);1H. The van der Waals surface area contributed by atoms with Crippen LogP contribution in [0.3, 0.4) is 0 Å². The summed E-state index contributed by atoms with van der Waals surface area (Å²) < 4.78 is 5.02. The number of nitrogens with one attached hydrogen (secondary N) is 2. The van der Waals surface area contributed by atoms with Gasteiger partial charge in [-0.2, -0.15) is 4.98 Å². The summed E-state index contributed by atoms with van der Waals surface area (Å²) in [7, 11) is 0. The van der Waals surface area contributed by atoms with Crippen molar-refractivity contribution in [1.29, 1.82) is 0 Å². The molecule has 1 heterocycles. The Morgan fingerprint density at radius 1 is 1.37 bits per heavy atom. The first kappa shape index (κ1) is 18.1. The van der Waals surface area contributed by atoms with Gasteiger partial charge < -0.3 is 15.2 Å². The third-order valence-corrected chi connectivity index (χ3v) is 2.65. The summed E-state index contributed by atoms with van der Waals surface area (Å²) in [5.74, 6) is 2.48. The molecule has 19 heavy (non-hydrogen) atoms. The molecule has 6 nitrogen and oxygen atoms in total. The van der Waals surface area contributed by atoms with Crippen molar-refractivity contribution in [2.75, 3.05) is 6.54 Å². The van der Waals surface area contributed by atoms with Crippen molar-refractivity contribution in [3.05, 3.63) is 11.7 Å². The fourth-order valence-corrected chi connectivity index (χ4v) is 1.25. The van der Waals surface area contributed by atoms with Crippen LogP contribution in [0.1, 0.15) is 39.4 Å². The summed E-state index contributed by atoms with van der Waals surface area (Å²) >= 11 is 0. The smallest absolute Gasteiger partial charge is 0.248 e. The number of halogens is 1. The Kier molecular flexibility index (Phi) is 8.70. The van der Waals surface area contributed by atoms with Crippen LogP contribution in [0.5, 0.6) is 0 Å². The maximum Gasteiger partial charge on any atom is 0.248 e. The van der Waals surface area contributed by atoms with Crippen LogP contribution in [0.4, 0.5) is 0 Å². The lowest BCUT2D eigenvalue weighted by molar-refractivity contribution is 0.376. The Balaban J connectivity index is 0.00000324. The van der Waals surface area contributed by atoms with Gasteiger partial charge in [-0.05, 0) is 26.7 Å². The van der Waals surface area contributed by atoms with Crippen LogP contribution in [-0.2, 0) is 6.54 Å². The van der Waals surface area contributed by atoms with Gasteiger partial charge in [-0.3, -0.25) is 0 Å². The van der Waals surface area contributed by atoms with Crippen molar-refractivity contribution >= 4 is 29.9 Å². The first-order chi connectivity index (χ1) is 8.52. The van der Waals surface area contributed by atoms with Crippen LogP contribution in [0.2, 0.25) is 0 Å². The largest absolute Gasteiger partial charge is 0.357 e. The van der Waals surface area contributed by atoms with Gasteiger partial charge in [0.25, 0.3) is 0 Å². The molecule has 1 aromatic rings. The Hall–Kier alpha value is -0.860. The van der Waals surface area contributed by atoms with Crippen molar-refractivity contribution in [3.63, 3.8) is 0 Å². The van der Waals surface area contributed by atoms with E-state index in [4.69, 9.17) is 4.52 Å². The van der Waals surface area contributed by atoms with Gasteiger partial charge in [-0.1, -0.05) is 19.0 Å². The van der Waals surface area contributed by atoms with E-state index in [-0.39, 0.29) is 24.0 Å². The van der Waals surface area contributed by atoms with E-state index in [9.17, 15) is 0 Å². The van der Waals surface area contributed by atoms with Crippen LogP contribution in [-0.4, -0.2) is 28.7 Å². The number of aliphatic imine (C=N–C) groups is 1. The summed E-state index contributed by atoms with van der Waals surface area (Å²) in [6.45, 7) is 11.5. The number of aryl methyl sites for hydroxylation is 1. The van der Waals surface area contributed by atoms with Gasteiger partial charge in [0, 0.05) is 12.6 Å². The molecular formula is C12H24IN5O. The molecule has 1 atom stereocenters. The molecule has 1 unspecified atom stereocenters. The zero-order valence-corrected chi connectivity index (χ0v) is 14.6. The predicted molar refractivity (Wildman–Crippen MR) is 86.7 cm³/mol. The minimum atomic E-state index is 0. The molecule has 0 bridgehead atoms. The SMILES string of the molecule is CCNC(=NCc1nc(C)no1)NC(C)C(C)C.I. The Bertz CT molecular complexity index is 391. The highest BCUT2D eigenvalue weighted by atomic mass is 127. The number of hydrogen-bond acceptors (Lipinski definition) is 4. The lowest BCUT2D eigenvalue weighted by Gasteiger charge is -2.20. The second kappa shape index (κ2) is 9.11. The summed E-state index contributed by atoms with van der Waals surface area (Å²) in [5, 5.41) is 10.3. The molecule has 0 amide bonds. The second-order valence-electron chi connectivity index (χ2n) is 4.61. The number of hydrogen-bond donors (Lipinski definition) is 2. The molecule has 2 N–H and O–H groups in total. The number of nitrogens with zero attached hydrogens (tertiary/aromatic N) is 3. The van der Waals surface area contributed by atoms with Crippen LogP contribution >= 0.6 is 24.0 Å². The summed E-state index contributed by atoms with van der Waals surface area (Å²) in [5.41, 5.74) is 0. The molecule has 0 aliphatic heterocycles. The van der Waals surface area contributed by atoms with E-state index in [1.165, 1.54) is 0 Å². The minimum absolute atomic E-state index is 0. The molecule has 0 saturated carbocycles. The van der Waals surface area contributed by atoms with Gasteiger partial charge in [0.2, 0.25) is 5.89 Å². The zero-order chi connectivity index (χ0) is 13.5. The fraction of sp³-hybridized carbons (Fsp3) is 0.750. The highest BCUT2D eigenvalue weighted by molar-refractivity contribution is 14.0. The van der Waals surface area contributed by atoms with Gasteiger partial charge in [-0.15, -0.1) is 24.0 Å². The van der Waals surface area contributed by atoms with E-state index in [0.29, 0.717) is 30.2 Å². The van der Waals surface area contributed by atoms with Crippen molar-refractivity contribution in [2.45, 2.75) is 47.2 Å². The summed E-state index contributed by atoms with van der Waals surface area (Å²) in [6, 6.07) is 0.354. The normalized spacial score (nSPS) is 13.1. The second-order valence-corrected chi connectivity index (χ2v) is 4.61. The van der Waals surface area contributed by atoms with E-state index in [1.807, 2.05) is 6.92 Å². The zero-order valence-electron chi connectivity index (χ0n) is 12.2. The lowest BCUT2D eigenvalue weighted by Crippen LogP contribution is -2.44. The van der Waals surface area contributed by atoms with E-state index >= 15 is 0 Å². The Morgan fingerprint density at radius 3 is 2.53 bits per heavy atom. The number of rotatable bonds is 5. The molecule has 0 aliphatic carbocycles. The molecule has 1 aromatic heterocycles. The predicted octanol–water partition coefficient (Wildman–Crippen LogP) is 2.10. The van der Waals surface area contributed by atoms with Crippen LogP contribution in [0.25, 0.3) is 0 Å². The summed E-state index contributed by atoms with van der Waals surface area (Å²) in [6.07, 6.45) is 0. The maximum absolute atomic E-state index is 5.02. The third kappa shape index (κ3) is 6.74. The van der Waals surface area contributed by atoms with E-state index < -0.39 is 0 Å². The molecule has 110 valence electrons. The van der Waals surface area contributed by atoms with Crippen molar-refractivity contribution in [1.82, 2.24) is 20.8 Å². The average Bonchev–Trinajstić information content (AvgIpc) is 2.72. The fourth-order valence-electron chi connectivity index (χ4n) is 1.25. The number of guanidine groups is 1. The van der Waals surface area contributed by atoms with E-state index in [1.54, 1.807) is 6.92 Å². The average molecular weight is 381 g/mol. The van der Waals surface area contributed by atoms with E-state index in [0.717, 1.165) is 12.5 Å². The Labute approximate surface area is 131 Å². The van der Waals surface area contributed by atoms with Gasteiger partial charge >= 0.3 is 0 Å².